The van der Waals surface area contributed by atoms with Crippen LogP contribution in [0.15, 0.2) is 30.3 Å². The predicted molar refractivity (Wildman–Crippen MR) is 65.7 cm³/mol. The topological polar surface area (TPSA) is 0 Å². The number of hydrogen-bond acceptors (Lipinski definition) is 1. The molecule has 0 saturated heterocycles. The molecule has 0 saturated carbocycles. The van der Waals surface area contributed by atoms with E-state index in [1.165, 1.54) is 24.2 Å². The Kier molecular flexibility index (Phi) is 5.56. The largest absolute Gasteiger partial charge is 0.165 e. The minimum Gasteiger partial charge on any atom is -0.165 e. The zero-order valence-electron chi connectivity index (χ0n) is 7.87. The third-order valence-electron chi connectivity index (χ3n) is 1.97. The fraction of sp³-hybridized carbons (Fsp3) is 0.455. The lowest BCUT2D eigenvalue weighted by Gasteiger charge is -2.08. The molecule has 0 radical (unpaired) electrons. The zero-order valence-corrected chi connectivity index (χ0v) is 10.3. The molecule has 1 atom stereocenters. The van der Waals surface area contributed by atoms with Crippen LogP contribution in [0.25, 0.3) is 0 Å². The van der Waals surface area contributed by atoms with Gasteiger partial charge in [-0.25, -0.2) is 0 Å². The van der Waals surface area contributed by atoms with E-state index < -0.39 is 0 Å². The van der Waals surface area contributed by atoms with Crippen LogP contribution in [0, 0.1) is 0 Å². The molecule has 1 aromatic carbocycles. The quantitative estimate of drug-likeness (QED) is 0.562. The lowest BCUT2D eigenvalue weighted by Crippen LogP contribution is -1.90. The number of thioether (sulfide) groups is 1. The molecular weight excluding hydrogens is 244 g/mol. The van der Waals surface area contributed by atoms with Crippen molar-refractivity contribution in [2.75, 3.05) is 12.0 Å². The number of rotatable bonds is 5. The first kappa shape index (κ1) is 11.1. The Morgan fingerprint density at radius 2 is 2.00 bits per heavy atom. The summed E-state index contributed by atoms with van der Waals surface area (Å²) in [7, 11) is 0. The van der Waals surface area contributed by atoms with E-state index in [2.05, 4.69) is 52.5 Å². The molecule has 0 N–H and O–H groups in total. The van der Waals surface area contributed by atoms with E-state index in [9.17, 15) is 0 Å². The van der Waals surface area contributed by atoms with Crippen LogP contribution in [0.3, 0.4) is 0 Å². The third-order valence-corrected chi connectivity index (χ3v) is 3.65. The molecule has 1 rings (SSSR count). The van der Waals surface area contributed by atoms with Gasteiger partial charge in [0.1, 0.15) is 0 Å². The molecular formula is C11H15BrS. The number of alkyl halides is 1. The van der Waals surface area contributed by atoms with Gasteiger partial charge >= 0.3 is 0 Å². The van der Waals surface area contributed by atoms with Crippen molar-refractivity contribution in [1.82, 2.24) is 0 Å². The third kappa shape index (κ3) is 4.19. The monoisotopic (exact) mass is 258 g/mol. The van der Waals surface area contributed by atoms with Gasteiger partial charge in [0.2, 0.25) is 0 Å². The minimum absolute atomic E-state index is 0.529. The Bertz CT molecular complexity index is 223. The summed E-state index contributed by atoms with van der Waals surface area (Å²) in [6.07, 6.45) is 4.67. The van der Waals surface area contributed by atoms with E-state index in [-0.39, 0.29) is 0 Å². The van der Waals surface area contributed by atoms with Gasteiger partial charge in [0.15, 0.2) is 0 Å². The number of benzene rings is 1. The Morgan fingerprint density at radius 1 is 1.31 bits per heavy atom. The van der Waals surface area contributed by atoms with Crippen molar-refractivity contribution in [2.24, 2.45) is 0 Å². The summed E-state index contributed by atoms with van der Waals surface area (Å²) in [5, 5.41) is 0. The maximum atomic E-state index is 3.71. The summed E-state index contributed by atoms with van der Waals surface area (Å²) in [5.74, 6) is 1.26. The molecule has 1 unspecified atom stereocenters. The van der Waals surface area contributed by atoms with Crippen LogP contribution < -0.4 is 0 Å². The van der Waals surface area contributed by atoms with E-state index in [0.29, 0.717) is 4.83 Å². The first-order valence-electron chi connectivity index (χ1n) is 4.52. The van der Waals surface area contributed by atoms with Crippen LogP contribution in [0.1, 0.15) is 23.2 Å². The van der Waals surface area contributed by atoms with Crippen molar-refractivity contribution in [3.8, 4) is 0 Å². The summed E-state index contributed by atoms with van der Waals surface area (Å²) in [6.45, 7) is 0. The highest BCUT2D eigenvalue weighted by Gasteiger charge is 2.05. The van der Waals surface area contributed by atoms with Crippen LogP contribution in [0.2, 0.25) is 0 Å². The van der Waals surface area contributed by atoms with Gasteiger partial charge < -0.3 is 0 Å². The van der Waals surface area contributed by atoms with Gasteiger partial charge in [0.25, 0.3) is 0 Å². The maximum absolute atomic E-state index is 3.71. The fourth-order valence-electron chi connectivity index (χ4n) is 1.24. The molecule has 0 spiro atoms. The van der Waals surface area contributed by atoms with Gasteiger partial charge in [-0.2, -0.15) is 11.8 Å². The van der Waals surface area contributed by atoms with Gasteiger partial charge in [-0.3, -0.25) is 0 Å². The second-order valence-electron chi connectivity index (χ2n) is 3.01. The molecule has 2 heteroatoms. The normalized spacial score (nSPS) is 12.8. The lowest BCUT2D eigenvalue weighted by molar-refractivity contribution is 0.796. The van der Waals surface area contributed by atoms with Gasteiger partial charge in [-0.15, -0.1) is 0 Å². The average molecular weight is 259 g/mol. The Hall–Kier alpha value is 0.0500. The van der Waals surface area contributed by atoms with E-state index in [1.807, 2.05) is 11.8 Å². The van der Waals surface area contributed by atoms with Crippen LogP contribution in [-0.2, 0) is 0 Å². The summed E-state index contributed by atoms with van der Waals surface area (Å²) < 4.78 is 0. The molecule has 1 aromatic rings. The molecule has 0 aliphatic rings. The first-order chi connectivity index (χ1) is 6.34. The maximum Gasteiger partial charge on any atom is 0.0395 e. The van der Waals surface area contributed by atoms with E-state index in [0.717, 1.165) is 0 Å². The first-order valence-corrected chi connectivity index (χ1v) is 6.83. The minimum atomic E-state index is 0.529. The SMILES string of the molecule is CSCCCC(Br)c1ccccc1. The van der Waals surface area contributed by atoms with Crippen molar-refractivity contribution >= 4 is 27.7 Å². The molecule has 0 bridgehead atoms. The molecule has 0 fully saturated rings. The van der Waals surface area contributed by atoms with Crippen molar-refractivity contribution in [2.45, 2.75) is 17.7 Å². The molecule has 0 nitrogen and oxygen atoms in total. The van der Waals surface area contributed by atoms with Crippen molar-refractivity contribution in [3.05, 3.63) is 35.9 Å². The molecule has 0 aromatic heterocycles. The highest BCUT2D eigenvalue weighted by atomic mass is 79.9. The molecule has 72 valence electrons. The number of halogens is 1. The zero-order chi connectivity index (χ0) is 9.52. The molecule has 13 heavy (non-hydrogen) atoms. The van der Waals surface area contributed by atoms with E-state index in [4.69, 9.17) is 0 Å². The van der Waals surface area contributed by atoms with Crippen molar-refractivity contribution in [3.63, 3.8) is 0 Å². The summed E-state index contributed by atoms with van der Waals surface area (Å²) in [6, 6.07) is 10.6. The Labute approximate surface area is 93.2 Å². The highest BCUT2D eigenvalue weighted by molar-refractivity contribution is 9.09. The predicted octanol–water partition coefficient (Wildman–Crippen LogP) is 4.27. The van der Waals surface area contributed by atoms with Crippen LogP contribution in [0.5, 0.6) is 0 Å². The van der Waals surface area contributed by atoms with Crippen molar-refractivity contribution in [1.29, 1.82) is 0 Å². The molecule has 0 aliphatic heterocycles. The summed E-state index contributed by atoms with van der Waals surface area (Å²) in [4.78, 5) is 0.529. The smallest absolute Gasteiger partial charge is 0.0395 e. The summed E-state index contributed by atoms with van der Waals surface area (Å²) in [5.41, 5.74) is 1.39. The Balaban J connectivity index is 2.35. The average Bonchev–Trinajstić information content (AvgIpc) is 2.19. The van der Waals surface area contributed by atoms with Crippen LogP contribution >= 0.6 is 27.7 Å². The van der Waals surface area contributed by atoms with Gasteiger partial charge in [-0.05, 0) is 30.4 Å². The van der Waals surface area contributed by atoms with E-state index >= 15 is 0 Å². The summed E-state index contributed by atoms with van der Waals surface area (Å²) >= 11 is 5.62. The Morgan fingerprint density at radius 3 is 2.62 bits per heavy atom. The number of hydrogen-bond donors (Lipinski definition) is 0. The van der Waals surface area contributed by atoms with E-state index in [1.54, 1.807) is 0 Å². The molecule has 0 heterocycles. The van der Waals surface area contributed by atoms with Crippen LogP contribution in [0.4, 0.5) is 0 Å². The van der Waals surface area contributed by atoms with Gasteiger partial charge in [0.05, 0.1) is 0 Å². The van der Waals surface area contributed by atoms with Gasteiger partial charge in [0, 0.05) is 4.83 Å². The second kappa shape index (κ2) is 6.50. The standard InChI is InChI=1S/C11H15BrS/c1-13-9-5-8-11(12)10-6-3-2-4-7-10/h2-4,6-7,11H,5,8-9H2,1H3. The lowest BCUT2D eigenvalue weighted by atomic mass is 10.1. The van der Waals surface area contributed by atoms with Crippen LogP contribution in [-0.4, -0.2) is 12.0 Å². The van der Waals surface area contributed by atoms with Crippen molar-refractivity contribution < 1.29 is 0 Å². The van der Waals surface area contributed by atoms with Gasteiger partial charge in [-0.1, -0.05) is 46.3 Å². The fourth-order valence-corrected chi connectivity index (χ4v) is 2.32. The molecule has 0 aliphatic carbocycles. The second-order valence-corrected chi connectivity index (χ2v) is 5.10. The highest BCUT2D eigenvalue weighted by Crippen LogP contribution is 2.27. The molecule has 0 amide bonds.